The Balaban J connectivity index is 1.43. The van der Waals surface area contributed by atoms with Gasteiger partial charge in [0.15, 0.2) is 0 Å². The van der Waals surface area contributed by atoms with Gasteiger partial charge in [-0.1, -0.05) is 54.6 Å². The number of carbonyl (C=O) groups is 1. The maximum absolute atomic E-state index is 12.9. The Hall–Kier alpha value is -3.58. The van der Waals surface area contributed by atoms with Crippen LogP contribution in [0, 0.1) is 0 Å². The summed E-state index contributed by atoms with van der Waals surface area (Å²) < 4.78 is 6.41. The van der Waals surface area contributed by atoms with Gasteiger partial charge in [-0.15, -0.1) is 0 Å². The van der Waals surface area contributed by atoms with Gasteiger partial charge in [-0.3, -0.25) is 15.1 Å². The van der Waals surface area contributed by atoms with Gasteiger partial charge in [0.05, 0.1) is 16.7 Å². The Bertz CT molecular complexity index is 1230. The van der Waals surface area contributed by atoms with Crippen LogP contribution in [0.3, 0.4) is 0 Å². The number of amides is 1. The van der Waals surface area contributed by atoms with Gasteiger partial charge in [0, 0.05) is 24.4 Å². The molecule has 3 aliphatic heterocycles. The van der Waals surface area contributed by atoms with Crippen molar-refractivity contribution in [2.45, 2.75) is 17.6 Å². The van der Waals surface area contributed by atoms with Crippen LogP contribution in [0.2, 0.25) is 0 Å². The van der Waals surface area contributed by atoms with Crippen molar-refractivity contribution < 1.29 is 9.53 Å². The number of carbonyl (C=O) groups excluding carboxylic acids is 1. The molecule has 2 aromatic carbocycles. The standard InChI is InChI=1S/C24H18N4O2S/c29-23-22(13-16-7-6-12-25-15-16)31-24(26-23)28-20(18-10-4-5-11-21(18)30-24)14-19(27-28)17-8-2-1-3-9-17/h1-13,15,20H,14H2,(H,26,29)/b22-13-/t20-,24+/m1/s1. The number of fused-ring (bicyclic) bond motifs is 4. The summed E-state index contributed by atoms with van der Waals surface area (Å²) in [5.41, 5.74) is 3.98. The fourth-order valence-corrected chi connectivity index (χ4v) is 5.33. The molecular weight excluding hydrogens is 408 g/mol. The Morgan fingerprint density at radius 2 is 1.94 bits per heavy atom. The van der Waals surface area contributed by atoms with Crippen LogP contribution in [0.5, 0.6) is 5.75 Å². The Labute approximate surface area is 183 Å². The zero-order chi connectivity index (χ0) is 20.8. The molecule has 1 N–H and O–H groups in total. The second kappa shape index (κ2) is 6.99. The van der Waals surface area contributed by atoms with E-state index in [4.69, 9.17) is 9.84 Å². The van der Waals surface area contributed by atoms with Gasteiger partial charge >= 0.3 is 5.18 Å². The fraction of sp³-hybridized carbons (Fsp3) is 0.125. The van der Waals surface area contributed by atoms with Crippen molar-refractivity contribution in [3.63, 3.8) is 0 Å². The number of nitrogens with zero attached hydrogens (tertiary/aromatic N) is 3. The predicted octanol–water partition coefficient (Wildman–Crippen LogP) is 4.14. The molecule has 1 aromatic heterocycles. The van der Waals surface area contributed by atoms with Crippen LogP contribution in [0.15, 0.2) is 89.1 Å². The van der Waals surface area contributed by atoms with Gasteiger partial charge in [-0.05, 0) is 41.1 Å². The second-order valence-corrected chi connectivity index (χ2v) is 8.75. The van der Waals surface area contributed by atoms with Gasteiger partial charge < -0.3 is 4.74 Å². The lowest BCUT2D eigenvalue weighted by Crippen LogP contribution is -2.58. The van der Waals surface area contributed by atoms with Crippen molar-refractivity contribution in [3.05, 3.63) is 101 Å². The zero-order valence-corrected chi connectivity index (χ0v) is 17.3. The van der Waals surface area contributed by atoms with Crippen LogP contribution in [0.1, 0.15) is 29.2 Å². The monoisotopic (exact) mass is 426 g/mol. The highest BCUT2D eigenvalue weighted by molar-refractivity contribution is 8.05. The smallest absolute Gasteiger partial charge is 0.336 e. The van der Waals surface area contributed by atoms with Crippen molar-refractivity contribution in [3.8, 4) is 5.75 Å². The minimum Gasteiger partial charge on any atom is -0.439 e. The van der Waals surface area contributed by atoms with E-state index < -0.39 is 5.18 Å². The van der Waals surface area contributed by atoms with Crippen LogP contribution < -0.4 is 10.1 Å². The molecule has 0 aliphatic carbocycles. The van der Waals surface area contributed by atoms with Crippen molar-refractivity contribution in [1.82, 2.24) is 15.3 Å². The Morgan fingerprint density at radius 1 is 1.10 bits per heavy atom. The number of nitrogens with one attached hydrogen (secondary N) is 1. The summed E-state index contributed by atoms with van der Waals surface area (Å²) >= 11 is 1.34. The van der Waals surface area contributed by atoms with Crippen molar-refractivity contribution in [2.24, 2.45) is 5.10 Å². The molecule has 0 unspecified atom stereocenters. The molecule has 1 fully saturated rings. The van der Waals surface area contributed by atoms with Crippen molar-refractivity contribution in [2.75, 3.05) is 0 Å². The van der Waals surface area contributed by atoms with E-state index in [1.165, 1.54) is 11.8 Å². The van der Waals surface area contributed by atoms with E-state index >= 15 is 0 Å². The number of rotatable bonds is 2. The van der Waals surface area contributed by atoms with Gasteiger partial charge in [-0.25, -0.2) is 5.01 Å². The van der Waals surface area contributed by atoms with Crippen LogP contribution in [-0.2, 0) is 4.79 Å². The van der Waals surface area contributed by atoms with E-state index in [9.17, 15) is 4.79 Å². The summed E-state index contributed by atoms with van der Waals surface area (Å²) in [7, 11) is 0. The molecular formula is C24H18N4O2S. The van der Waals surface area contributed by atoms with Crippen molar-refractivity contribution >= 4 is 29.5 Å². The number of pyridine rings is 1. The number of hydrazone groups is 1. The zero-order valence-electron chi connectivity index (χ0n) is 16.4. The second-order valence-electron chi connectivity index (χ2n) is 7.55. The predicted molar refractivity (Wildman–Crippen MR) is 120 cm³/mol. The minimum absolute atomic E-state index is 0.0225. The lowest BCUT2D eigenvalue weighted by atomic mass is 9.97. The molecule has 4 heterocycles. The van der Waals surface area contributed by atoms with Crippen LogP contribution in [0.4, 0.5) is 0 Å². The average molecular weight is 427 g/mol. The van der Waals surface area contributed by atoms with Crippen molar-refractivity contribution in [1.29, 1.82) is 0 Å². The maximum Gasteiger partial charge on any atom is 0.336 e. The number of benzene rings is 2. The maximum atomic E-state index is 12.9. The first kappa shape index (κ1) is 18.2. The quantitative estimate of drug-likeness (QED) is 0.624. The molecule has 0 saturated carbocycles. The summed E-state index contributed by atoms with van der Waals surface area (Å²) in [5, 5.41) is 8.78. The number of thioether (sulfide) groups is 1. The third kappa shape index (κ3) is 3.00. The lowest BCUT2D eigenvalue weighted by Gasteiger charge is -2.43. The molecule has 1 spiro atoms. The third-order valence-corrected chi connectivity index (χ3v) is 6.74. The number of para-hydroxylation sites is 1. The molecule has 3 aliphatic rings. The number of ether oxygens (including phenoxy) is 1. The molecule has 6 nitrogen and oxygen atoms in total. The molecule has 6 rings (SSSR count). The first-order valence-corrected chi connectivity index (χ1v) is 10.9. The normalized spacial score (nSPS) is 25.1. The SMILES string of the molecule is O=C1N[C@]2(Oc3ccccc3[C@H]3CC(c4ccccc4)=NN32)S/C1=C\c1cccnc1. The first-order chi connectivity index (χ1) is 15.2. The van der Waals surface area contributed by atoms with Gasteiger partial charge in [0.25, 0.3) is 5.91 Å². The highest BCUT2D eigenvalue weighted by atomic mass is 32.2. The number of aromatic nitrogens is 1. The fourth-order valence-electron chi connectivity index (χ4n) is 4.16. The first-order valence-electron chi connectivity index (χ1n) is 10.1. The summed E-state index contributed by atoms with van der Waals surface area (Å²) in [6, 6.07) is 21.8. The van der Waals surface area contributed by atoms with Gasteiger partial charge in [-0.2, -0.15) is 5.10 Å². The van der Waals surface area contributed by atoms with E-state index in [0.29, 0.717) is 4.91 Å². The summed E-state index contributed by atoms with van der Waals surface area (Å²) in [6.07, 6.45) is 6.01. The largest absolute Gasteiger partial charge is 0.439 e. The molecule has 7 heteroatoms. The Kier molecular flexibility index (Phi) is 4.11. The van der Waals surface area contributed by atoms with E-state index in [1.807, 2.05) is 59.6 Å². The number of hydrogen-bond donors (Lipinski definition) is 1. The van der Waals surface area contributed by atoms with Gasteiger partial charge in [0.2, 0.25) is 0 Å². The summed E-state index contributed by atoms with van der Waals surface area (Å²) in [5.74, 6) is 0.582. The topological polar surface area (TPSA) is 66.8 Å². The third-order valence-electron chi connectivity index (χ3n) is 5.57. The molecule has 0 radical (unpaired) electrons. The van der Waals surface area contributed by atoms with Crippen LogP contribution in [0.25, 0.3) is 6.08 Å². The summed E-state index contributed by atoms with van der Waals surface area (Å²) in [4.78, 5) is 17.6. The Morgan fingerprint density at radius 3 is 2.77 bits per heavy atom. The molecule has 152 valence electrons. The minimum atomic E-state index is -1.12. The molecule has 0 bridgehead atoms. The average Bonchev–Trinajstić information content (AvgIpc) is 3.39. The molecule has 1 amide bonds. The molecule has 2 atom stereocenters. The van der Waals surface area contributed by atoms with E-state index in [0.717, 1.165) is 34.6 Å². The van der Waals surface area contributed by atoms with E-state index in [-0.39, 0.29) is 11.9 Å². The van der Waals surface area contributed by atoms with E-state index in [1.54, 1.807) is 12.4 Å². The molecule has 3 aromatic rings. The number of hydrogen-bond acceptors (Lipinski definition) is 6. The highest BCUT2D eigenvalue weighted by Gasteiger charge is 2.57. The highest BCUT2D eigenvalue weighted by Crippen LogP contribution is 2.53. The lowest BCUT2D eigenvalue weighted by molar-refractivity contribution is -0.127. The molecule has 31 heavy (non-hydrogen) atoms. The van der Waals surface area contributed by atoms with E-state index in [2.05, 4.69) is 28.5 Å². The van der Waals surface area contributed by atoms with Crippen LogP contribution in [-0.4, -0.2) is 26.8 Å². The summed E-state index contributed by atoms with van der Waals surface area (Å²) in [6.45, 7) is 0. The molecule has 1 saturated heterocycles. The van der Waals surface area contributed by atoms with Crippen LogP contribution >= 0.6 is 11.8 Å². The van der Waals surface area contributed by atoms with Gasteiger partial charge in [0.1, 0.15) is 5.75 Å².